The number of pyridine rings is 1. The predicted molar refractivity (Wildman–Crippen MR) is 84.8 cm³/mol. The van der Waals surface area contributed by atoms with Crippen LogP contribution in [0.4, 0.5) is 11.6 Å². The highest BCUT2D eigenvalue weighted by Gasteiger charge is 2.17. The van der Waals surface area contributed by atoms with Crippen molar-refractivity contribution in [3.63, 3.8) is 0 Å². The first-order chi connectivity index (χ1) is 10.7. The zero-order valence-corrected chi connectivity index (χ0v) is 12.6. The molecule has 2 N–H and O–H groups in total. The van der Waals surface area contributed by atoms with Crippen molar-refractivity contribution >= 4 is 17.5 Å². The molecule has 1 aliphatic carbocycles. The number of aromatic nitrogens is 3. The van der Waals surface area contributed by atoms with E-state index in [-0.39, 0.29) is 12.5 Å². The van der Waals surface area contributed by atoms with Gasteiger partial charge in [0.15, 0.2) is 0 Å². The Morgan fingerprint density at radius 3 is 2.91 bits per heavy atom. The van der Waals surface area contributed by atoms with E-state index in [9.17, 15) is 4.79 Å². The van der Waals surface area contributed by atoms with Crippen LogP contribution in [0.25, 0.3) is 0 Å². The summed E-state index contributed by atoms with van der Waals surface area (Å²) in [5, 5.41) is 5.89. The largest absolute Gasteiger partial charge is 0.361 e. The molecule has 0 aliphatic heterocycles. The lowest BCUT2D eigenvalue weighted by Gasteiger charge is -2.19. The molecular weight excluding hydrogens is 278 g/mol. The zero-order chi connectivity index (χ0) is 15.4. The topological polar surface area (TPSA) is 79.8 Å². The fourth-order valence-corrected chi connectivity index (χ4v) is 2.65. The molecule has 1 amide bonds. The monoisotopic (exact) mass is 297 g/mol. The smallest absolute Gasteiger partial charge is 0.244 e. The minimum Gasteiger partial charge on any atom is -0.361 e. The van der Waals surface area contributed by atoms with Crippen LogP contribution in [0.3, 0.4) is 0 Å². The number of anilines is 2. The number of nitrogens with one attached hydrogen (secondary N) is 2. The van der Waals surface area contributed by atoms with E-state index in [4.69, 9.17) is 0 Å². The van der Waals surface area contributed by atoms with E-state index >= 15 is 0 Å². The van der Waals surface area contributed by atoms with Crippen LogP contribution >= 0.6 is 0 Å². The Morgan fingerprint density at radius 1 is 1.23 bits per heavy atom. The lowest BCUT2D eigenvalue weighted by Crippen LogP contribution is -2.24. The van der Waals surface area contributed by atoms with Crippen LogP contribution in [-0.2, 0) is 17.6 Å². The van der Waals surface area contributed by atoms with E-state index in [2.05, 4.69) is 25.6 Å². The van der Waals surface area contributed by atoms with E-state index in [1.54, 1.807) is 12.3 Å². The Balaban J connectivity index is 1.66. The van der Waals surface area contributed by atoms with Gasteiger partial charge in [0.25, 0.3) is 0 Å². The third kappa shape index (κ3) is 3.39. The Bertz CT molecular complexity index is 672. The molecule has 0 radical (unpaired) electrons. The summed E-state index contributed by atoms with van der Waals surface area (Å²) < 4.78 is 0. The molecular formula is C16H19N5O. The van der Waals surface area contributed by atoms with Gasteiger partial charge in [-0.25, -0.2) is 15.0 Å². The van der Waals surface area contributed by atoms with Crippen LogP contribution in [0, 0.1) is 6.92 Å². The molecule has 0 fully saturated rings. The molecule has 22 heavy (non-hydrogen) atoms. The Hall–Kier alpha value is -2.50. The number of carbonyl (C=O) groups excluding carboxylic acids is 1. The number of fused-ring (bicyclic) bond motifs is 1. The van der Waals surface area contributed by atoms with Crippen LogP contribution in [0.5, 0.6) is 0 Å². The Kier molecular flexibility index (Phi) is 4.27. The Morgan fingerprint density at radius 2 is 2.09 bits per heavy atom. The lowest BCUT2D eigenvalue weighted by molar-refractivity contribution is -0.114. The molecule has 2 aromatic rings. The third-order valence-corrected chi connectivity index (χ3v) is 3.64. The summed E-state index contributed by atoms with van der Waals surface area (Å²) in [6, 6.07) is 5.40. The number of carbonyl (C=O) groups is 1. The minimum absolute atomic E-state index is 0.139. The molecule has 0 aromatic carbocycles. The first kappa shape index (κ1) is 14.4. The second-order valence-electron chi connectivity index (χ2n) is 5.37. The van der Waals surface area contributed by atoms with Crippen molar-refractivity contribution in [2.45, 2.75) is 32.6 Å². The molecule has 0 spiro atoms. The normalized spacial score (nSPS) is 13.3. The van der Waals surface area contributed by atoms with E-state index in [0.29, 0.717) is 5.82 Å². The highest BCUT2D eigenvalue weighted by Crippen LogP contribution is 2.25. The van der Waals surface area contributed by atoms with Gasteiger partial charge in [0.1, 0.15) is 17.5 Å². The van der Waals surface area contributed by atoms with Gasteiger partial charge < -0.3 is 10.6 Å². The van der Waals surface area contributed by atoms with Gasteiger partial charge in [-0.15, -0.1) is 0 Å². The van der Waals surface area contributed by atoms with Crippen LogP contribution < -0.4 is 10.6 Å². The molecule has 0 bridgehead atoms. The average molecular weight is 297 g/mol. The molecule has 0 atom stereocenters. The first-order valence-electron chi connectivity index (χ1n) is 7.53. The highest BCUT2D eigenvalue weighted by atomic mass is 16.2. The van der Waals surface area contributed by atoms with Crippen molar-refractivity contribution in [2.75, 3.05) is 17.2 Å². The van der Waals surface area contributed by atoms with Gasteiger partial charge in [0.2, 0.25) is 5.91 Å². The fraction of sp³-hybridized carbons (Fsp3) is 0.375. The number of hydrogen-bond acceptors (Lipinski definition) is 5. The predicted octanol–water partition coefficient (Wildman–Crippen LogP) is 2.11. The van der Waals surface area contributed by atoms with Gasteiger partial charge in [-0.1, -0.05) is 6.07 Å². The number of hydrogen-bond donors (Lipinski definition) is 2. The van der Waals surface area contributed by atoms with Gasteiger partial charge in [-0.05, 0) is 44.7 Å². The van der Waals surface area contributed by atoms with Crippen molar-refractivity contribution in [2.24, 2.45) is 0 Å². The lowest BCUT2D eigenvalue weighted by atomic mass is 9.96. The van der Waals surface area contributed by atoms with E-state index in [1.807, 2.05) is 19.1 Å². The van der Waals surface area contributed by atoms with Crippen LogP contribution in [0.2, 0.25) is 0 Å². The van der Waals surface area contributed by atoms with Gasteiger partial charge in [-0.3, -0.25) is 4.79 Å². The zero-order valence-electron chi connectivity index (χ0n) is 12.6. The molecule has 0 saturated heterocycles. The number of amides is 1. The second kappa shape index (κ2) is 6.51. The number of aryl methyl sites for hydroxylation is 2. The molecule has 2 aromatic heterocycles. The standard InChI is InChI=1S/C16H19N5O/c1-11-19-13-7-3-2-6-12(13)16(20-11)18-10-15(22)21-14-8-4-5-9-17-14/h4-5,8-9H,2-3,6-7,10H2,1H3,(H,17,21,22)(H,18,19,20). The van der Waals surface area contributed by atoms with Crippen LogP contribution in [0.15, 0.2) is 24.4 Å². The summed E-state index contributed by atoms with van der Waals surface area (Å²) >= 11 is 0. The quantitative estimate of drug-likeness (QED) is 0.903. The molecule has 114 valence electrons. The number of nitrogens with zero attached hydrogens (tertiary/aromatic N) is 3. The van der Waals surface area contributed by atoms with Crippen molar-refractivity contribution in [1.82, 2.24) is 15.0 Å². The fourth-order valence-electron chi connectivity index (χ4n) is 2.65. The first-order valence-corrected chi connectivity index (χ1v) is 7.53. The van der Waals surface area contributed by atoms with Gasteiger partial charge in [0.05, 0.1) is 6.54 Å². The van der Waals surface area contributed by atoms with Gasteiger partial charge in [0, 0.05) is 17.5 Å². The molecule has 0 unspecified atom stereocenters. The highest BCUT2D eigenvalue weighted by molar-refractivity contribution is 5.92. The van der Waals surface area contributed by atoms with Crippen molar-refractivity contribution in [3.05, 3.63) is 41.5 Å². The average Bonchev–Trinajstić information content (AvgIpc) is 2.53. The van der Waals surface area contributed by atoms with Crippen molar-refractivity contribution in [1.29, 1.82) is 0 Å². The molecule has 1 aliphatic rings. The summed E-state index contributed by atoms with van der Waals surface area (Å²) in [5.41, 5.74) is 2.27. The summed E-state index contributed by atoms with van der Waals surface area (Å²) in [6.07, 6.45) is 5.93. The van der Waals surface area contributed by atoms with Crippen molar-refractivity contribution in [3.8, 4) is 0 Å². The summed E-state index contributed by atoms with van der Waals surface area (Å²) in [7, 11) is 0. The molecule has 0 saturated carbocycles. The van der Waals surface area contributed by atoms with Crippen LogP contribution in [0.1, 0.15) is 29.9 Å². The molecule has 6 heteroatoms. The van der Waals surface area contributed by atoms with E-state index in [0.717, 1.165) is 42.2 Å². The Labute approximate surface area is 129 Å². The maximum atomic E-state index is 12.0. The van der Waals surface area contributed by atoms with Crippen LogP contribution in [-0.4, -0.2) is 27.4 Å². The molecule has 2 heterocycles. The van der Waals surface area contributed by atoms with Gasteiger partial charge in [-0.2, -0.15) is 0 Å². The molecule has 3 rings (SSSR count). The summed E-state index contributed by atoms with van der Waals surface area (Å²) in [5.74, 6) is 1.95. The van der Waals surface area contributed by atoms with Gasteiger partial charge >= 0.3 is 0 Å². The number of rotatable bonds is 4. The SMILES string of the molecule is Cc1nc2c(c(NCC(=O)Nc3ccccn3)n1)CCCC2. The van der Waals surface area contributed by atoms with E-state index < -0.39 is 0 Å². The third-order valence-electron chi connectivity index (χ3n) is 3.64. The summed E-state index contributed by atoms with van der Waals surface area (Å²) in [4.78, 5) is 25.0. The second-order valence-corrected chi connectivity index (χ2v) is 5.37. The molecule has 6 nitrogen and oxygen atoms in total. The maximum absolute atomic E-state index is 12.0. The maximum Gasteiger partial charge on any atom is 0.244 e. The van der Waals surface area contributed by atoms with Crippen molar-refractivity contribution < 1.29 is 4.79 Å². The minimum atomic E-state index is -0.139. The van der Waals surface area contributed by atoms with E-state index in [1.165, 1.54) is 6.42 Å². The summed E-state index contributed by atoms with van der Waals surface area (Å²) in [6.45, 7) is 2.05.